The van der Waals surface area contributed by atoms with Crippen LogP contribution in [0, 0.1) is 0 Å². The van der Waals surface area contributed by atoms with E-state index in [9.17, 15) is 0 Å². The molecule has 0 aromatic carbocycles. The summed E-state index contributed by atoms with van der Waals surface area (Å²) in [6.07, 6.45) is 5.50. The van der Waals surface area contributed by atoms with Gasteiger partial charge in [0, 0.05) is 17.6 Å². The number of nitrogens with one attached hydrogen (secondary N) is 1. The van der Waals surface area contributed by atoms with E-state index in [1.165, 1.54) is 36.5 Å². The van der Waals surface area contributed by atoms with Crippen LogP contribution >= 0.6 is 11.8 Å². The summed E-state index contributed by atoms with van der Waals surface area (Å²) in [7, 11) is 0. The molecule has 0 spiro atoms. The predicted molar refractivity (Wildman–Crippen MR) is 66.0 cm³/mol. The van der Waals surface area contributed by atoms with Gasteiger partial charge in [-0.1, -0.05) is 0 Å². The van der Waals surface area contributed by atoms with Gasteiger partial charge in [-0.2, -0.15) is 11.8 Å². The Bertz CT molecular complexity index is 341. The van der Waals surface area contributed by atoms with Crippen molar-refractivity contribution in [2.45, 2.75) is 31.1 Å². The van der Waals surface area contributed by atoms with Crippen molar-refractivity contribution in [1.82, 2.24) is 10.3 Å². The maximum Gasteiger partial charge on any atom is 0.197 e. The van der Waals surface area contributed by atoms with Crippen molar-refractivity contribution in [1.29, 1.82) is 0 Å². The van der Waals surface area contributed by atoms with Gasteiger partial charge in [0.15, 0.2) is 5.89 Å². The lowest BCUT2D eigenvalue weighted by Crippen LogP contribution is -2.26. The highest BCUT2D eigenvalue weighted by atomic mass is 32.2. The van der Waals surface area contributed by atoms with E-state index in [1.54, 1.807) is 0 Å². The van der Waals surface area contributed by atoms with Crippen LogP contribution in [0.25, 0.3) is 0 Å². The van der Waals surface area contributed by atoms with Gasteiger partial charge in [0.05, 0.1) is 5.69 Å². The highest BCUT2D eigenvalue weighted by molar-refractivity contribution is 7.99. The molecule has 3 nitrogen and oxygen atoms in total. The standard InChI is InChI=1S/C12H18N2OS/c1-4-13-5-2-9(1)12-14-11(7-15-12)10-3-6-16-8-10/h7,9-10,13H,1-6,8H2. The second-order valence-electron chi connectivity index (χ2n) is 4.70. The maximum atomic E-state index is 5.67. The van der Waals surface area contributed by atoms with Gasteiger partial charge < -0.3 is 9.73 Å². The molecular formula is C12H18N2OS. The Kier molecular flexibility index (Phi) is 3.20. The zero-order valence-corrected chi connectivity index (χ0v) is 10.3. The summed E-state index contributed by atoms with van der Waals surface area (Å²) in [5, 5.41) is 3.37. The van der Waals surface area contributed by atoms with Crippen molar-refractivity contribution in [3.63, 3.8) is 0 Å². The van der Waals surface area contributed by atoms with Gasteiger partial charge in [-0.15, -0.1) is 0 Å². The Balaban J connectivity index is 1.71. The lowest BCUT2D eigenvalue weighted by Gasteiger charge is -2.19. The largest absolute Gasteiger partial charge is 0.448 e. The average molecular weight is 238 g/mol. The number of nitrogens with zero attached hydrogens (tertiary/aromatic N) is 1. The fourth-order valence-electron chi connectivity index (χ4n) is 2.51. The summed E-state index contributed by atoms with van der Waals surface area (Å²) in [5.74, 6) is 4.67. The zero-order valence-electron chi connectivity index (χ0n) is 9.45. The minimum Gasteiger partial charge on any atom is -0.448 e. The quantitative estimate of drug-likeness (QED) is 0.858. The highest BCUT2D eigenvalue weighted by Crippen LogP contribution is 2.33. The predicted octanol–water partition coefficient (Wildman–Crippen LogP) is 2.36. The van der Waals surface area contributed by atoms with Crippen LogP contribution in [0.15, 0.2) is 10.7 Å². The number of oxazole rings is 1. The summed E-state index contributed by atoms with van der Waals surface area (Å²) in [6, 6.07) is 0. The van der Waals surface area contributed by atoms with Crippen LogP contribution in [0.4, 0.5) is 0 Å². The van der Waals surface area contributed by atoms with Crippen molar-refractivity contribution in [2.75, 3.05) is 24.6 Å². The summed E-state index contributed by atoms with van der Waals surface area (Å²) in [5.41, 5.74) is 1.19. The fraction of sp³-hybridized carbons (Fsp3) is 0.750. The molecule has 0 bridgehead atoms. The summed E-state index contributed by atoms with van der Waals surface area (Å²) in [6.45, 7) is 2.20. The Labute approximate surface area is 100 Å². The van der Waals surface area contributed by atoms with E-state index < -0.39 is 0 Å². The molecule has 3 heterocycles. The van der Waals surface area contributed by atoms with Crippen molar-refractivity contribution in [2.24, 2.45) is 0 Å². The molecule has 0 aliphatic carbocycles. The van der Waals surface area contributed by atoms with Gasteiger partial charge in [0.25, 0.3) is 0 Å². The molecule has 2 saturated heterocycles. The van der Waals surface area contributed by atoms with Crippen molar-refractivity contribution in [3.8, 4) is 0 Å². The number of piperidine rings is 1. The van der Waals surface area contributed by atoms with Crippen molar-refractivity contribution in [3.05, 3.63) is 17.8 Å². The van der Waals surface area contributed by atoms with E-state index >= 15 is 0 Å². The molecule has 1 atom stereocenters. The second kappa shape index (κ2) is 4.80. The SMILES string of the molecule is c1oc(C2CCNCC2)nc1C1CCSC1. The normalized spacial score (nSPS) is 27.4. The third kappa shape index (κ3) is 2.13. The van der Waals surface area contributed by atoms with Crippen LogP contribution in [0.1, 0.15) is 42.7 Å². The van der Waals surface area contributed by atoms with Crippen molar-refractivity contribution >= 4 is 11.8 Å². The first-order valence-electron chi connectivity index (χ1n) is 6.17. The van der Waals surface area contributed by atoms with Gasteiger partial charge in [0.2, 0.25) is 0 Å². The molecule has 0 saturated carbocycles. The molecule has 1 aromatic heterocycles. The molecule has 1 aromatic rings. The van der Waals surface area contributed by atoms with Crippen LogP contribution < -0.4 is 5.32 Å². The van der Waals surface area contributed by atoms with E-state index in [0.717, 1.165) is 19.0 Å². The highest BCUT2D eigenvalue weighted by Gasteiger charge is 2.24. The molecular weight excluding hydrogens is 220 g/mol. The number of thioether (sulfide) groups is 1. The smallest absolute Gasteiger partial charge is 0.197 e. The maximum absolute atomic E-state index is 5.67. The van der Waals surface area contributed by atoms with Gasteiger partial charge >= 0.3 is 0 Å². The van der Waals surface area contributed by atoms with E-state index in [-0.39, 0.29) is 0 Å². The third-order valence-corrected chi connectivity index (χ3v) is 4.74. The molecule has 2 aliphatic heterocycles. The first-order chi connectivity index (χ1) is 7.93. The Morgan fingerprint density at radius 3 is 2.88 bits per heavy atom. The molecule has 4 heteroatoms. The van der Waals surface area contributed by atoms with Crippen LogP contribution in [-0.4, -0.2) is 29.6 Å². The molecule has 88 valence electrons. The van der Waals surface area contributed by atoms with Crippen LogP contribution in [0.3, 0.4) is 0 Å². The molecule has 0 amide bonds. The number of aromatic nitrogens is 1. The number of hydrogen-bond acceptors (Lipinski definition) is 4. The molecule has 16 heavy (non-hydrogen) atoms. The van der Waals surface area contributed by atoms with Gasteiger partial charge in [-0.3, -0.25) is 0 Å². The summed E-state index contributed by atoms with van der Waals surface area (Å²) >= 11 is 2.03. The van der Waals surface area contributed by atoms with E-state index in [2.05, 4.69) is 5.32 Å². The third-order valence-electron chi connectivity index (χ3n) is 3.58. The summed E-state index contributed by atoms with van der Waals surface area (Å²) < 4.78 is 5.67. The summed E-state index contributed by atoms with van der Waals surface area (Å²) in [4.78, 5) is 4.71. The Morgan fingerprint density at radius 1 is 1.25 bits per heavy atom. The Hall–Kier alpha value is -0.480. The molecule has 0 radical (unpaired) electrons. The van der Waals surface area contributed by atoms with Gasteiger partial charge in [0.1, 0.15) is 6.26 Å². The van der Waals surface area contributed by atoms with E-state index in [0.29, 0.717) is 11.8 Å². The Morgan fingerprint density at radius 2 is 2.12 bits per heavy atom. The van der Waals surface area contributed by atoms with Gasteiger partial charge in [-0.05, 0) is 38.1 Å². The average Bonchev–Trinajstić information content (AvgIpc) is 3.01. The van der Waals surface area contributed by atoms with Crippen LogP contribution in [-0.2, 0) is 0 Å². The molecule has 2 fully saturated rings. The minimum atomic E-state index is 0.545. The number of hydrogen-bond donors (Lipinski definition) is 1. The topological polar surface area (TPSA) is 38.1 Å². The number of rotatable bonds is 2. The first kappa shape index (κ1) is 10.7. The van der Waals surface area contributed by atoms with E-state index in [4.69, 9.17) is 9.40 Å². The zero-order chi connectivity index (χ0) is 10.8. The van der Waals surface area contributed by atoms with Crippen LogP contribution in [0.5, 0.6) is 0 Å². The van der Waals surface area contributed by atoms with Crippen LogP contribution in [0.2, 0.25) is 0 Å². The van der Waals surface area contributed by atoms with E-state index in [1.807, 2.05) is 18.0 Å². The monoisotopic (exact) mass is 238 g/mol. The first-order valence-corrected chi connectivity index (χ1v) is 7.33. The molecule has 3 rings (SSSR count). The van der Waals surface area contributed by atoms with Gasteiger partial charge in [-0.25, -0.2) is 4.98 Å². The minimum absolute atomic E-state index is 0.545. The lowest BCUT2D eigenvalue weighted by molar-refractivity contribution is 0.374. The molecule has 2 aliphatic rings. The fourth-order valence-corrected chi connectivity index (χ4v) is 3.75. The lowest BCUT2D eigenvalue weighted by atomic mass is 9.98. The molecule has 1 N–H and O–H groups in total. The van der Waals surface area contributed by atoms with Crippen molar-refractivity contribution < 1.29 is 4.42 Å². The second-order valence-corrected chi connectivity index (χ2v) is 5.85. The molecule has 1 unspecified atom stereocenters.